The summed E-state index contributed by atoms with van der Waals surface area (Å²) in [6.07, 6.45) is -1.11. The highest BCUT2D eigenvalue weighted by molar-refractivity contribution is 6.01. The number of benzene rings is 2. The molecule has 2 aromatic rings. The predicted molar refractivity (Wildman–Crippen MR) is 90.2 cm³/mol. The van der Waals surface area contributed by atoms with Gasteiger partial charge in [0.05, 0.1) is 26.5 Å². The predicted octanol–water partition coefficient (Wildman–Crippen LogP) is 3.59. The Morgan fingerprint density at radius 2 is 1.58 bits per heavy atom. The van der Waals surface area contributed by atoms with Crippen LogP contribution in [0.5, 0.6) is 11.5 Å². The summed E-state index contributed by atoms with van der Waals surface area (Å²) in [6, 6.07) is 12.3. The molecule has 2 aromatic carbocycles. The van der Waals surface area contributed by atoms with Crippen LogP contribution in [-0.2, 0) is 6.54 Å². The molecule has 0 unspecified atom stereocenters. The Labute approximate surface area is 140 Å². The smallest absolute Gasteiger partial charge is 0.412 e. The fraction of sp³-hybridized carbons (Fsp3) is 0.222. The molecule has 24 heavy (non-hydrogen) atoms. The van der Waals surface area contributed by atoms with Gasteiger partial charge in [0.15, 0.2) is 5.78 Å². The molecule has 6 nitrogen and oxygen atoms in total. The lowest BCUT2D eigenvalue weighted by Gasteiger charge is -2.22. The molecular formula is C18H19NO5. The van der Waals surface area contributed by atoms with Crippen molar-refractivity contribution in [1.29, 1.82) is 0 Å². The zero-order chi connectivity index (χ0) is 17.7. The largest absolute Gasteiger partial charge is 0.496 e. The van der Waals surface area contributed by atoms with Gasteiger partial charge in [-0.15, -0.1) is 0 Å². The normalized spacial score (nSPS) is 10.1. The first-order valence-electron chi connectivity index (χ1n) is 7.29. The van der Waals surface area contributed by atoms with Crippen LogP contribution in [0.3, 0.4) is 0 Å². The third-order valence-electron chi connectivity index (χ3n) is 3.57. The quantitative estimate of drug-likeness (QED) is 0.820. The second-order valence-corrected chi connectivity index (χ2v) is 5.14. The van der Waals surface area contributed by atoms with Gasteiger partial charge in [-0.25, -0.2) is 4.79 Å². The standard InChI is InChI=1S/C18H19NO5/c1-12(20)17-15(23-2)9-14(10-16(17)24-3)19(18(21)22)11-13-7-5-4-6-8-13/h4-10H,11H2,1-3H3,(H,21,22). The number of carbonyl (C=O) groups is 2. The molecule has 0 aliphatic rings. The van der Waals surface area contributed by atoms with E-state index in [9.17, 15) is 14.7 Å². The van der Waals surface area contributed by atoms with Gasteiger partial charge >= 0.3 is 6.09 Å². The number of ether oxygens (including phenoxy) is 2. The molecule has 0 saturated heterocycles. The summed E-state index contributed by atoms with van der Waals surface area (Å²) < 4.78 is 10.5. The lowest BCUT2D eigenvalue weighted by atomic mass is 10.1. The summed E-state index contributed by atoms with van der Waals surface area (Å²) in [4.78, 5) is 24.7. The number of nitrogens with zero attached hydrogens (tertiary/aromatic N) is 1. The van der Waals surface area contributed by atoms with Crippen LogP contribution in [0, 0.1) is 0 Å². The maximum Gasteiger partial charge on any atom is 0.412 e. The Kier molecular flexibility index (Phi) is 5.42. The highest BCUT2D eigenvalue weighted by Crippen LogP contribution is 2.35. The average molecular weight is 329 g/mol. The van der Waals surface area contributed by atoms with Crippen molar-refractivity contribution in [3.63, 3.8) is 0 Å². The minimum Gasteiger partial charge on any atom is -0.496 e. The first kappa shape index (κ1) is 17.3. The Morgan fingerprint density at radius 1 is 1.04 bits per heavy atom. The van der Waals surface area contributed by atoms with Gasteiger partial charge in [-0.1, -0.05) is 30.3 Å². The maximum absolute atomic E-state index is 11.8. The van der Waals surface area contributed by atoms with Crippen molar-refractivity contribution in [2.75, 3.05) is 19.1 Å². The Balaban J connectivity index is 2.50. The Morgan fingerprint density at radius 3 is 2.00 bits per heavy atom. The van der Waals surface area contributed by atoms with Gasteiger partial charge in [0, 0.05) is 12.1 Å². The summed E-state index contributed by atoms with van der Waals surface area (Å²) in [5, 5.41) is 9.57. The van der Waals surface area contributed by atoms with E-state index in [1.165, 1.54) is 38.2 Å². The molecular weight excluding hydrogens is 310 g/mol. The van der Waals surface area contributed by atoms with E-state index in [1.807, 2.05) is 30.3 Å². The highest BCUT2D eigenvalue weighted by atomic mass is 16.5. The van der Waals surface area contributed by atoms with Crippen LogP contribution in [0.1, 0.15) is 22.8 Å². The number of carboxylic acid groups (broad SMARTS) is 1. The molecule has 0 spiro atoms. The molecule has 0 aliphatic heterocycles. The minimum atomic E-state index is -1.11. The average Bonchev–Trinajstić information content (AvgIpc) is 2.58. The summed E-state index contributed by atoms with van der Waals surface area (Å²) in [5.74, 6) is 0.326. The maximum atomic E-state index is 11.8. The van der Waals surface area contributed by atoms with Crippen LogP contribution < -0.4 is 14.4 Å². The van der Waals surface area contributed by atoms with E-state index < -0.39 is 6.09 Å². The van der Waals surface area contributed by atoms with Crippen LogP contribution in [0.4, 0.5) is 10.5 Å². The lowest BCUT2D eigenvalue weighted by Crippen LogP contribution is -2.28. The number of ketones is 1. The fourth-order valence-corrected chi connectivity index (χ4v) is 2.44. The number of methoxy groups -OCH3 is 2. The zero-order valence-electron chi connectivity index (χ0n) is 13.8. The van der Waals surface area contributed by atoms with E-state index in [-0.39, 0.29) is 29.4 Å². The van der Waals surface area contributed by atoms with Crippen molar-refractivity contribution >= 4 is 17.6 Å². The molecule has 0 atom stereocenters. The second kappa shape index (κ2) is 7.50. The zero-order valence-corrected chi connectivity index (χ0v) is 13.8. The number of anilines is 1. The first-order chi connectivity index (χ1) is 11.5. The molecule has 0 fully saturated rings. The summed E-state index contributed by atoms with van der Waals surface area (Å²) >= 11 is 0. The third-order valence-corrected chi connectivity index (χ3v) is 3.57. The molecule has 6 heteroatoms. The van der Waals surface area contributed by atoms with Crippen LogP contribution in [0.2, 0.25) is 0 Å². The highest BCUT2D eigenvalue weighted by Gasteiger charge is 2.22. The van der Waals surface area contributed by atoms with Crippen molar-refractivity contribution in [3.05, 3.63) is 53.6 Å². The number of amides is 1. The van der Waals surface area contributed by atoms with Gasteiger partial charge in [0.25, 0.3) is 0 Å². The Bertz CT molecular complexity index is 717. The fourth-order valence-electron chi connectivity index (χ4n) is 2.44. The Hall–Kier alpha value is -3.02. The monoisotopic (exact) mass is 329 g/mol. The van der Waals surface area contributed by atoms with Crippen LogP contribution in [0.25, 0.3) is 0 Å². The van der Waals surface area contributed by atoms with Crippen molar-refractivity contribution < 1.29 is 24.2 Å². The topological polar surface area (TPSA) is 76.1 Å². The van der Waals surface area contributed by atoms with Crippen molar-refractivity contribution in [2.24, 2.45) is 0 Å². The van der Waals surface area contributed by atoms with Gasteiger partial charge in [-0.2, -0.15) is 0 Å². The number of rotatable bonds is 6. The van der Waals surface area contributed by atoms with Gasteiger partial charge in [-0.05, 0) is 12.5 Å². The van der Waals surface area contributed by atoms with Gasteiger partial charge in [0.2, 0.25) is 0 Å². The summed E-state index contributed by atoms with van der Waals surface area (Å²) in [5.41, 5.74) is 1.49. The molecule has 1 N–H and O–H groups in total. The molecule has 0 heterocycles. The minimum absolute atomic E-state index is 0.169. The molecule has 1 amide bonds. The second-order valence-electron chi connectivity index (χ2n) is 5.14. The molecule has 0 aromatic heterocycles. The van der Waals surface area contributed by atoms with Crippen LogP contribution in [-0.4, -0.2) is 31.2 Å². The van der Waals surface area contributed by atoms with Gasteiger partial charge in [0.1, 0.15) is 17.1 Å². The molecule has 0 saturated carbocycles. The van der Waals surface area contributed by atoms with E-state index in [1.54, 1.807) is 0 Å². The first-order valence-corrected chi connectivity index (χ1v) is 7.29. The third kappa shape index (κ3) is 3.65. The number of Topliss-reactive ketones (excluding diaryl/α,β-unsaturated/α-hetero) is 1. The lowest BCUT2D eigenvalue weighted by molar-refractivity contribution is 0.101. The molecule has 0 bridgehead atoms. The molecule has 2 rings (SSSR count). The van der Waals surface area contributed by atoms with Crippen molar-refractivity contribution in [3.8, 4) is 11.5 Å². The van der Waals surface area contributed by atoms with E-state index in [2.05, 4.69) is 0 Å². The van der Waals surface area contributed by atoms with Gasteiger partial charge < -0.3 is 14.6 Å². The molecule has 0 radical (unpaired) electrons. The molecule has 0 aliphatic carbocycles. The van der Waals surface area contributed by atoms with Crippen LogP contribution >= 0.6 is 0 Å². The van der Waals surface area contributed by atoms with E-state index in [0.29, 0.717) is 5.69 Å². The van der Waals surface area contributed by atoms with Crippen molar-refractivity contribution in [2.45, 2.75) is 13.5 Å². The van der Waals surface area contributed by atoms with Crippen LogP contribution in [0.15, 0.2) is 42.5 Å². The number of hydrogen-bond acceptors (Lipinski definition) is 4. The van der Waals surface area contributed by atoms with E-state index in [4.69, 9.17) is 9.47 Å². The summed E-state index contributed by atoms with van der Waals surface area (Å²) in [6.45, 7) is 1.57. The van der Waals surface area contributed by atoms with E-state index in [0.717, 1.165) is 5.56 Å². The number of hydrogen-bond donors (Lipinski definition) is 1. The number of carbonyl (C=O) groups excluding carboxylic acids is 1. The SMILES string of the molecule is COc1cc(N(Cc2ccccc2)C(=O)O)cc(OC)c1C(C)=O. The van der Waals surface area contributed by atoms with Gasteiger partial charge in [-0.3, -0.25) is 9.69 Å². The summed E-state index contributed by atoms with van der Waals surface area (Å²) in [7, 11) is 2.85. The van der Waals surface area contributed by atoms with Crippen molar-refractivity contribution in [1.82, 2.24) is 0 Å². The van der Waals surface area contributed by atoms with E-state index >= 15 is 0 Å². The molecule has 126 valence electrons.